The maximum Gasteiger partial charge on any atom is 0.161 e. The molecular weight excluding hydrogens is 338 g/mol. The van der Waals surface area contributed by atoms with Crippen molar-refractivity contribution < 1.29 is 14.3 Å². The molecule has 0 saturated heterocycles. The van der Waals surface area contributed by atoms with Crippen LogP contribution >= 0.6 is 0 Å². The summed E-state index contributed by atoms with van der Waals surface area (Å²) in [6.07, 6.45) is 4.40. The third kappa shape index (κ3) is 9.90. The summed E-state index contributed by atoms with van der Waals surface area (Å²) in [6.45, 7) is 12.9. The van der Waals surface area contributed by atoms with E-state index in [1.165, 1.54) is 0 Å². The number of hydrogen-bond acceptors (Lipinski definition) is 4. The van der Waals surface area contributed by atoms with Gasteiger partial charge in [0.1, 0.15) is 19.0 Å². The maximum atomic E-state index is 11.6. The van der Waals surface area contributed by atoms with Crippen molar-refractivity contribution in [2.75, 3.05) is 19.8 Å². The molecule has 0 bridgehead atoms. The van der Waals surface area contributed by atoms with Crippen LogP contribution in [0.3, 0.4) is 0 Å². The minimum Gasteiger partial charge on any atom is -0.491 e. The van der Waals surface area contributed by atoms with E-state index in [1.54, 1.807) is 12.4 Å². The molecule has 1 aromatic heterocycles. The van der Waals surface area contributed by atoms with Gasteiger partial charge in [-0.1, -0.05) is 53.7 Å². The van der Waals surface area contributed by atoms with Crippen molar-refractivity contribution in [2.24, 2.45) is 5.92 Å². The van der Waals surface area contributed by atoms with E-state index in [1.807, 2.05) is 77.9 Å². The highest BCUT2D eigenvalue weighted by Crippen LogP contribution is 2.21. The first-order valence-corrected chi connectivity index (χ1v) is 9.94. The van der Waals surface area contributed by atoms with Crippen LogP contribution in [-0.4, -0.2) is 30.6 Å². The van der Waals surface area contributed by atoms with E-state index in [4.69, 9.17) is 9.47 Å². The standard InChI is InChI=1S/C19H23NO3.2C2H6/c1-3-15(2)19(21)14-22-12-13-23-18-6-4-16(5-7-18)17-8-10-20-11-9-17;2*1-2/h4-11,15H,3,12-14H2,1-2H3;2*1-2H3. The minimum absolute atomic E-state index is 0.0663. The van der Waals surface area contributed by atoms with E-state index in [-0.39, 0.29) is 18.3 Å². The average molecular weight is 374 g/mol. The number of rotatable bonds is 9. The predicted molar refractivity (Wildman–Crippen MR) is 113 cm³/mol. The average Bonchev–Trinajstić information content (AvgIpc) is 2.76. The summed E-state index contributed by atoms with van der Waals surface area (Å²) in [5.41, 5.74) is 2.24. The summed E-state index contributed by atoms with van der Waals surface area (Å²) in [6, 6.07) is 11.8. The molecule has 2 rings (SSSR count). The number of benzene rings is 1. The van der Waals surface area contributed by atoms with E-state index in [0.717, 1.165) is 23.3 Å². The number of nitrogens with zero attached hydrogens (tertiary/aromatic N) is 1. The lowest BCUT2D eigenvalue weighted by molar-refractivity contribution is -0.127. The number of hydrogen-bond donors (Lipinski definition) is 0. The molecular formula is C23H35NO3. The Morgan fingerprint density at radius 1 is 0.926 bits per heavy atom. The highest BCUT2D eigenvalue weighted by atomic mass is 16.5. The van der Waals surface area contributed by atoms with Gasteiger partial charge < -0.3 is 9.47 Å². The van der Waals surface area contributed by atoms with Crippen molar-refractivity contribution >= 4 is 5.78 Å². The van der Waals surface area contributed by atoms with Crippen LogP contribution in [0.1, 0.15) is 48.0 Å². The molecule has 27 heavy (non-hydrogen) atoms. The molecule has 1 heterocycles. The molecule has 0 amide bonds. The van der Waals surface area contributed by atoms with Gasteiger partial charge in [-0.05, 0) is 41.8 Å². The van der Waals surface area contributed by atoms with Gasteiger partial charge in [0, 0.05) is 18.3 Å². The largest absolute Gasteiger partial charge is 0.491 e. The second-order valence-electron chi connectivity index (χ2n) is 5.44. The molecule has 150 valence electrons. The second kappa shape index (κ2) is 16.0. The minimum atomic E-state index is 0.0663. The molecule has 0 N–H and O–H groups in total. The molecule has 0 fully saturated rings. The van der Waals surface area contributed by atoms with E-state index in [0.29, 0.717) is 13.2 Å². The zero-order valence-electron chi connectivity index (χ0n) is 17.7. The molecule has 4 nitrogen and oxygen atoms in total. The Kier molecular flexibility index (Phi) is 14.7. The fraction of sp³-hybridized carbons (Fsp3) is 0.478. The lowest BCUT2D eigenvalue weighted by Gasteiger charge is -2.09. The second-order valence-corrected chi connectivity index (χ2v) is 5.44. The zero-order chi connectivity index (χ0) is 20.5. The van der Waals surface area contributed by atoms with Gasteiger partial charge in [-0.15, -0.1) is 0 Å². The van der Waals surface area contributed by atoms with Crippen molar-refractivity contribution in [3.05, 3.63) is 48.8 Å². The van der Waals surface area contributed by atoms with Gasteiger partial charge in [-0.2, -0.15) is 0 Å². The van der Waals surface area contributed by atoms with Crippen LogP contribution in [0.15, 0.2) is 48.8 Å². The maximum absolute atomic E-state index is 11.6. The molecule has 1 atom stereocenters. The van der Waals surface area contributed by atoms with Crippen molar-refractivity contribution in [3.63, 3.8) is 0 Å². The smallest absolute Gasteiger partial charge is 0.161 e. The number of carbonyl (C=O) groups excluding carboxylic acids is 1. The van der Waals surface area contributed by atoms with Gasteiger partial charge in [-0.3, -0.25) is 9.78 Å². The number of aromatic nitrogens is 1. The van der Waals surface area contributed by atoms with Crippen molar-refractivity contribution in [3.8, 4) is 16.9 Å². The van der Waals surface area contributed by atoms with Crippen LogP contribution in [0.4, 0.5) is 0 Å². The van der Waals surface area contributed by atoms with Gasteiger partial charge in [-0.25, -0.2) is 0 Å². The van der Waals surface area contributed by atoms with Crippen LogP contribution < -0.4 is 4.74 Å². The fourth-order valence-electron chi connectivity index (χ4n) is 2.05. The number of carbonyl (C=O) groups is 1. The van der Waals surface area contributed by atoms with Gasteiger partial charge in [0.05, 0.1) is 6.61 Å². The number of ether oxygens (including phenoxy) is 2. The monoisotopic (exact) mass is 373 g/mol. The van der Waals surface area contributed by atoms with Gasteiger partial charge >= 0.3 is 0 Å². The van der Waals surface area contributed by atoms with E-state index in [9.17, 15) is 4.79 Å². The number of ketones is 1. The first-order valence-electron chi connectivity index (χ1n) is 9.94. The molecule has 0 spiro atoms. The third-order valence-electron chi connectivity index (χ3n) is 3.77. The first-order chi connectivity index (χ1) is 13.2. The topological polar surface area (TPSA) is 48.4 Å². The summed E-state index contributed by atoms with van der Waals surface area (Å²) in [4.78, 5) is 15.6. The summed E-state index contributed by atoms with van der Waals surface area (Å²) >= 11 is 0. The Hall–Kier alpha value is -2.20. The first kappa shape index (κ1) is 24.8. The SMILES string of the molecule is CC.CC.CCC(C)C(=O)COCCOc1ccc(-c2ccncc2)cc1. The molecule has 4 heteroatoms. The van der Waals surface area contributed by atoms with E-state index in [2.05, 4.69) is 4.98 Å². The van der Waals surface area contributed by atoms with E-state index < -0.39 is 0 Å². The Morgan fingerprint density at radius 3 is 2.04 bits per heavy atom. The molecule has 1 aromatic carbocycles. The molecule has 0 aliphatic carbocycles. The Labute approximate surface area is 164 Å². The Bertz CT molecular complexity index is 597. The molecule has 0 aliphatic rings. The van der Waals surface area contributed by atoms with Crippen molar-refractivity contribution in [1.82, 2.24) is 4.98 Å². The third-order valence-corrected chi connectivity index (χ3v) is 3.77. The lowest BCUT2D eigenvalue weighted by Crippen LogP contribution is -2.18. The summed E-state index contributed by atoms with van der Waals surface area (Å²) < 4.78 is 11.0. The predicted octanol–water partition coefficient (Wildman–Crippen LogP) is 5.81. The highest BCUT2D eigenvalue weighted by molar-refractivity contribution is 5.81. The summed E-state index contributed by atoms with van der Waals surface area (Å²) in [5.74, 6) is 1.01. The normalized spacial score (nSPS) is 10.6. The molecule has 2 aromatic rings. The summed E-state index contributed by atoms with van der Waals surface area (Å²) in [5, 5.41) is 0. The van der Waals surface area contributed by atoms with E-state index >= 15 is 0 Å². The van der Waals surface area contributed by atoms with Crippen LogP contribution in [0.25, 0.3) is 11.1 Å². The van der Waals surface area contributed by atoms with Gasteiger partial charge in [0.25, 0.3) is 0 Å². The van der Waals surface area contributed by atoms with Crippen molar-refractivity contribution in [1.29, 1.82) is 0 Å². The van der Waals surface area contributed by atoms with Gasteiger partial charge in [0.2, 0.25) is 0 Å². The van der Waals surface area contributed by atoms with Crippen LogP contribution in [0, 0.1) is 5.92 Å². The Morgan fingerprint density at radius 2 is 1.48 bits per heavy atom. The van der Waals surface area contributed by atoms with Crippen molar-refractivity contribution in [2.45, 2.75) is 48.0 Å². The zero-order valence-corrected chi connectivity index (χ0v) is 17.7. The van der Waals surface area contributed by atoms with Crippen LogP contribution in [0.2, 0.25) is 0 Å². The van der Waals surface area contributed by atoms with Crippen LogP contribution in [0.5, 0.6) is 5.75 Å². The number of pyridine rings is 1. The lowest BCUT2D eigenvalue weighted by atomic mass is 10.1. The molecule has 1 unspecified atom stereocenters. The molecule has 0 radical (unpaired) electrons. The number of Topliss-reactive ketones (excluding diaryl/α,β-unsaturated/α-hetero) is 1. The molecule has 0 aliphatic heterocycles. The highest BCUT2D eigenvalue weighted by Gasteiger charge is 2.10. The quantitative estimate of drug-likeness (QED) is 0.520. The van der Waals surface area contributed by atoms with Crippen LogP contribution in [-0.2, 0) is 9.53 Å². The fourth-order valence-corrected chi connectivity index (χ4v) is 2.05. The molecule has 0 saturated carbocycles. The summed E-state index contributed by atoms with van der Waals surface area (Å²) in [7, 11) is 0. The Balaban J connectivity index is 0.00000158. The van der Waals surface area contributed by atoms with Gasteiger partial charge in [0.15, 0.2) is 5.78 Å².